The van der Waals surface area contributed by atoms with Crippen LogP contribution in [0.5, 0.6) is 0 Å². The molecule has 3 heteroatoms. The average molecular weight is 895 g/mol. The molecule has 0 N–H and O–H groups in total. The van der Waals surface area contributed by atoms with Gasteiger partial charge in [-0.05, 0) is 133 Å². The van der Waals surface area contributed by atoms with Crippen LogP contribution >= 0.6 is 11.3 Å². The van der Waals surface area contributed by atoms with Crippen LogP contribution in [0.2, 0.25) is 0 Å². The molecule has 2 heterocycles. The van der Waals surface area contributed by atoms with Gasteiger partial charge in [0.2, 0.25) is 0 Å². The highest BCUT2D eigenvalue weighted by atomic mass is 32.1. The van der Waals surface area contributed by atoms with E-state index in [0.29, 0.717) is 0 Å². The predicted molar refractivity (Wildman–Crippen MR) is 297 cm³/mol. The van der Waals surface area contributed by atoms with Gasteiger partial charge >= 0.3 is 0 Å². The minimum Gasteiger partial charge on any atom is -0.311 e. The van der Waals surface area contributed by atoms with Crippen molar-refractivity contribution in [2.75, 3.05) is 4.90 Å². The fourth-order valence-electron chi connectivity index (χ4n) is 10.8. The Labute approximate surface area is 403 Å². The molecule has 14 rings (SSSR count). The Hall–Kier alpha value is -8.76. The molecular formula is C66H42N2S. The van der Waals surface area contributed by atoms with Gasteiger partial charge in [-0.3, -0.25) is 0 Å². The second-order valence-corrected chi connectivity index (χ2v) is 19.1. The fourth-order valence-corrected chi connectivity index (χ4v) is 12.0. The average Bonchev–Trinajstić information content (AvgIpc) is 3.98. The molecule has 2 aromatic heterocycles. The number of nitrogens with zero attached hydrogens (tertiary/aromatic N) is 2. The Morgan fingerprint density at radius 3 is 1.54 bits per heavy atom. The minimum absolute atomic E-state index is 1.09. The molecule has 14 aromatic rings. The highest BCUT2D eigenvalue weighted by molar-refractivity contribution is 7.25. The molecule has 0 radical (unpaired) electrons. The van der Waals surface area contributed by atoms with Gasteiger partial charge in [0.15, 0.2) is 0 Å². The van der Waals surface area contributed by atoms with Crippen molar-refractivity contribution in [3.05, 3.63) is 255 Å². The lowest BCUT2D eigenvalue weighted by molar-refractivity contribution is 1.19. The van der Waals surface area contributed by atoms with Crippen LogP contribution in [0.4, 0.5) is 17.1 Å². The molecule has 0 aliphatic carbocycles. The molecule has 0 aliphatic heterocycles. The van der Waals surface area contributed by atoms with E-state index in [1.807, 2.05) is 11.3 Å². The third kappa shape index (κ3) is 6.54. The number of rotatable bonds is 7. The van der Waals surface area contributed by atoms with Crippen LogP contribution in [0.1, 0.15) is 0 Å². The van der Waals surface area contributed by atoms with Gasteiger partial charge in [-0.25, -0.2) is 0 Å². The van der Waals surface area contributed by atoms with Gasteiger partial charge in [0.25, 0.3) is 0 Å². The van der Waals surface area contributed by atoms with Crippen LogP contribution in [-0.2, 0) is 0 Å². The molecule has 12 aromatic carbocycles. The summed E-state index contributed by atoms with van der Waals surface area (Å²) in [7, 11) is 0. The number of hydrogen-bond acceptors (Lipinski definition) is 2. The van der Waals surface area contributed by atoms with Crippen LogP contribution in [0.25, 0.3) is 113 Å². The van der Waals surface area contributed by atoms with Gasteiger partial charge in [0, 0.05) is 59.1 Å². The normalized spacial score (nSPS) is 11.8. The molecule has 0 atom stereocenters. The quantitative estimate of drug-likeness (QED) is 0.145. The smallest absolute Gasteiger partial charge is 0.0619 e. The molecule has 0 spiro atoms. The summed E-state index contributed by atoms with van der Waals surface area (Å²) >= 11 is 1.86. The number of para-hydroxylation sites is 1. The topological polar surface area (TPSA) is 8.17 Å². The lowest BCUT2D eigenvalue weighted by Crippen LogP contribution is -2.09. The number of hydrogen-bond donors (Lipinski definition) is 0. The molecule has 0 saturated carbocycles. The zero-order valence-electron chi connectivity index (χ0n) is 37.6. The Morgan fingerprint density at radius 1 is 0.304 bits per heavy atom. The first-order chi connectivity index (χ1) is 34.2. The molecule has 322 valence electrons. The van der Waals surface area contributed by atoms with Crippen LogP contribution in [-0.4, -0.2) is 4.57 Å². The van der Waals surface area contributed by atoms with E-state index < -0.39 is 0 Å². The van der Waals surface area contributed by atoms with Crippen molar-refractivity contribution in [1.82, 2.24) is 4.57 Å². The largest absolute Gasteiger partial charge is 0.311 e. The molecule has 2 nitrogen and oxygen atoms in total. The zero-order valence-corrected chi connectivity index (χ0v) is 38.4. The van der Waals surface area contributed by atoms with Gasteiger partial charge in [-0.1, -0.05) is 182 Å². The van der Waals surface area contributed by atoms with Crippen LogP contribution in [0, 0.1) is 0 Å². The van der Waals surface area contributed by atoms with Gasteiger partial charge < -0.3 is 9.47 Å². The van der Waals surface area contributed by atoms with Crippen LogP contribution < -0.4 is 4.90 Å². The maximum atomic E-state index is 2.45. The summed E-state index contributed by atoms with van der Waals surface area (Å²) in [6, 6.07) is 93.7. The lowest BCUT2D eigenvalue weighted by Gasteiger charge is -2.26. The third-order valence-electron chi connectivity index (χ3n) is 14.2. The molecule has 0 aliphatic rings. The molecule has 69 heavy (non-hydrogen) atoms. The summed E-state index contributed by atoms with van der Waals surface area (Å²) < 4.78 is 5.08. The number of thiophene rings is 1. The van der Waals surface area contributed by atoms with E-state index in [0.717, 1.165) is 22.7 Å². The first kappa shape index (κ1) is 39.4. The summed E-state index contributed by atoms with van der Waals surface area (Å²) in [6.45, 7) is 0. The first-order valence-electron chi connectivity index (χ1n) is 23.6. The first-order valence-corrected chi connectivity index (χ1v) is 24.5. The van der Waals surface area contributed by atoms with Gasteiger partial charge in [0.1, 0.15) is 0 Å². The van der Waals surface area contributed by atoms with E-state index in [9.17, 15) is 0 Å². The summed E-state index contributed by atoms with van der Waals surface area (Å²) in [6.07, 6.45) is 0. The van der Waals surface area contributed by atoms with Gasteiger partial charge in [0.05, 0.1) is 11.0 Å². The van der Waals surface area contributed by atoms with Gasteiger partial charge in [-0.2, -0.15) is 0 Å². The van der Waals surface area contributed by atoms with E-state index in [4.69, 9.17) is 0 Å². The number of aromatic nitrogens is 1. The lowest BCUT2D eigenvalue weighted by atomic mass is 9.97. The van der Waals surface area contributed by atoms with Gasteiger partial charge in [-0.15, -0.1) is 11.3 Å². The monoisotopic (exact) mass is 894 g/mol. The van der Waals surface area contributed by atoms with E-state index in [-0.39, 0.29) is 0 Å². The van der Waals surface area contributed by atoms with Crippen molar-refractivity contribution in [1.29, 1.82) is 0 Å². The Bertz CT molecular complexity index is 4280. The summed E-state index contributed by atoms with van der Waals surface area (Å²) in [5.74, 6) is 0. The van der Waals surface area contributed by atoms with Crippen LogP contribution in [0.3, 0.4) is 0 Å². The van der Waals surface area contributed by atoms with E-state index in [1.165, 1.54) is 108 Å². The van der Waals surface area contributed by atoms with Crippen molar-refractivity contribution >= 4 is 103 Å². The SMILES string of the molecule is c1ccc(-n2c3cc(-c4ccc(N(c5ccc(-c6ccc7ccc8ccccc8c7c6)cc5)c5ccc(-c6cccc7sc8ccccc8c67)cc5)cc4)ccc3c3ccc4ccccc4c32)cc1. The van der Waals surface area contributed by atoms with E-state index in [2.05, 4.69) is 264 Å². The highest BCUT2D eigenvalue weighted by Gasteiger charge is 2.19. The number of benzene rings is 12. The van der Waals surface area contributed by atoms with Crippen LogP contribution in [0.15, 0.2) is 255 Å². The Morgan fingerprint density at radius 2 is 0.812 bits per heavy atom. The van der Waals surface area contributed by atoms with E-state index in [1.54, 1.807) is 0 Å². The van der Waals surface area contributed by atoms with Crippen molar-refractivity contribution in [2.24, 2.45) is 0 Å². The second kappa shape index (κ2) is 16.0. The Kier molecular flexibility index (Phi) is 9.11. The summed E-state index contributed by atoms with van der Waals surface area (Å²) in [5, 5.41) is 12.7. The molecule has 0 unspecified atom stereocenters. The van der Waals surface area contributed by atoms with Crippen molar-refractivity contribution in [3.8, 4) is 39.1 Å². The molecule has 0 fully saturated rings. The molecular weight excluding hydrogens is 853 g/mol. The van der Waals surface area contributed by atoms with Crippen molar-refractivity contribution in [2.45, 2.75) is 0 Å². The third-order valence-corrected chi connectivity index (χ3v) is 15.3. The number of fused-ring (bicyclic) bond motifs is 11. The zero-order chi connectivity index (χ0) is 45.4. The van der Waals surface area contributed by atoms with Crippen molar-refractivity contribution < 1.29 is 0 Å². The molecule has 0 saturated heterocycles. The maximum absolute atomic E-state index is 2.45. The second-order valence-electron chi connectivity index (χ2n) is 18.1. The molecule has 0 amide bonds. The fraction of sp³-hybridized carbons (Fsp3) is 0. The predicted octanol–water partition coefficient (Wildman–Crippen LogP) is 19.1. The maximum Gasteiger partial charge on any atom is 0.0619 e. The van der Waals surface area contributed by atoms with Crippen molar-refractivity contribution in [3.63, 3.8) is 0 Å². The summed E-state index contributed by atoms with van der Waals surface area (Å²) in [5.41, 5.74) is 14.1. The number of anilines is 3. The summed E-state index contributed by atoms with van der Waals surface area (Å²) in [4.78, 5) is 2.38. The minimum atomic E-state index is 1.09. The highest BCUT2D eigenvalue weighted by Crippen LogP contribution is 2.43. The van der Waals surface area contributed by atoms with E-state index >= 15 is 0 Å². The Balaban J connectivity index is 0.873. The standard InChI is InChI=1S/C66H42N2S/c1-2-13-51(14-3-1)68-62-42-50(32-39-58(62)59-40-31-46-12-5-7-16-57(46)66(59)68)44-27-35-53(36-28-44)67(54-37-29-47(30-38-54)56-18-10-20-64-65(56)60-17-8-9-19-63(60)69-64)52-33-25-43(26-34-52)49-24-23-48-22-21-45-11-4-6-15-55(45)61(48)41-49/h1-42H. The molecule has 0 bridgehead atoms.